The van der Waals surface area contributed by atoms with Crippen LogP contribution in [0.25, 0.3) is 5.65 Å². The predicted molar refractivity (Wildman–Crippen MR) is 81.3 cm³/mol. The van der Waals surface area contributed by atoms with Crippen LogP contribution in [0.3, 0.4) is 0 Å². The van der Waals surface area contributed by atoms with Crippen molar-refractivity contribution in [2.45, 2.75) is 20.0 Å². The number of hydrogen-bond acceptors (Lipinski definition) is 5. The van der Waals surface area contributed by atoms with E-state index in [0.717, 1.165) is 22.9 Å². The van der Waals surface area contributed by atoms with Crippen LogP contribution in [-0.2, 0) is 13.1 Å². The van der Waals surface area contributed by atoms with Crippen LogP contribution in [0, 0.1) is 6.92 Å². The van der Waals surface area contributed by atoms with Crippen LogP contribution < -0.4 is 10.6 Å². The maximum absolute atomic E-state index is 5.15. The molecular formula is C14H17N7O. The standard InChI is InChI=1S/C14H17N7O/c1-10-7-11(22-20-10)8-16-14(15-2)17-9-13-19-18-12-5-3-4-6-21(12)13/h3-7H,8-9H2,1-2H3,(H2,15,16,17). The van der Waals surface area contributed by atoms with E-state index in [2.05, 4.69) is 31.0 Å². The summed E-state index contributed by atoms with van der Waals surface area (Å²) in [6.07, 6.45) is 1.93. The zero-order valence-electron chi connectivity index (χ0n) is 12.4. The molecule has 0 amide bonds. The maximum Gasteiger partial charge on any atom is 0.191 e. The molecule has 3 aromatic rings. The summed E-state index contributed by atoms with van der Waals surface area (Å²) in [5.74, 6) is 2.23. The molecule has 0 aliphatic heterocycles. The quantitative estimate of drug-likeness (QED) is 0.549. The van der Waals surface area contributed by atoms with Crippen LogP contribution in [0.2, 0.25) is 0 Å². The van der Waals surface area contributed by atoms with Gasteiger partial charge in [-0.15, -0.1) is 10.2 Å². The number of nitrogens with zero attached hydrogens (tertiary/aromatic N) is 5. The Bertz CT molecular complexity index is 789. The van der Waals surface area contributed by atoms with Gasteiger partial charge in [-0.1, -0.05) is 11.2 Å². The molecular weight excluding hydrogens is 282 g/mol. The highest BCUT2D eigenvalue weighted by Gasteiger charge is 2.06. The molecule has 2 N–H and O–H groups in total. The first-order chi connectivity index (χ1) is 10.8. The lowest BCUT2D eigenvalue weighted by molar-refractivity contribution is 0.376. The van der Waals surface area contributed by atoms with Crippen molar-refractivity contribution in [3.63, 3.8) is 0 Å². The van der Waals surface area contributed by atoms with Gasteiger partial charge in [0.2, 0.25) is 0 Å². The minimum Gasteiger partial charge on any atom is -0.359 e. The summed E-state index contributed by atoms with van der Waals surface area (Å²) in [5.41, 5.74) is 1.68. The van der Waals surface area contributed by atoms with Gasteiger partial charge in [-0.3, -0.25) is 9.39 Å². The Morgan fingerprint density at radius 2 is 2.14 bits per heavy atom. The van der Waals surface area contributed by atoms with E-state index in [1.54, 1.807) is 7.05 Å². The Morgan fingerprint density at radius 3 is 2.91 bits per heavy atom. The van der Waals surface area contributed by atoms with Gasteiger partial charge in [-0.2, -0.15) is 0 Å². The van der Waals surface area contributed by atoms with Crippen LogP contribution in [0.4, 0.5) is 0 Å². The lowest BCUT2D eigenvalue weighted by Crippen LogP contribution is -2.36. The van der Waals surface area contributed by atoms with Crippen molar-refractivity contribution in [3.05, 3.63) is 47.7 Å². The predicted octanol–water partition coefficient (Wildman–Crippen LogP) is 0.891. The summed E-state index contributed by atoms with van der Waals surface area (Å²) in [4.78, 5) is 4.16. The van der Waals surface area contributed by atoms with Crippen LogP contribution in [0.1, 0.15) is 17.3 Å². The number of nitrogens with one attached hydrogen (secondary N) is 2. The molecule has 0 atom stereocenters. The average Bonchev–Trinajstić information content (AvgIpc) is 3.14. The number of fused-ring (bicyclic) bond motifs is 1. The summed E-state index contributed by atoms with van der Waals surface area (Å²) in [6.45, 7) is 2.91. The molecule has 0 saturated heterocycles. The van der Waals surface area contributed by atoms with E-state index in [1.807, 2.05) is 41.8 Å². The van der Waals surface area contributed by atoms with Crippen LogP contribution in [0.15, 0.2) is 40.0 Å². The zero-order chi connectivity index (χ0) is 15.4. The van der Waals surface area contributed by atoms with Crippen LogP contribution in [-0.4, -0.2) is 32.8 Å². The molecule has 114 valence electrons. The third kappa shape index (κ3) is 3.05. The highest BCUT2D eigenvalue weighted by atomic mass is 16.5. The number of hydrogen-bond donors (Lipinski definition) is 2. The molecule has 0 spiro atoms. The minimum atomic E-state index is 0.514. The Morgan fingerprint density at radius 1 is 1.27 bits per heavy atom. The van der Waals surface area contributed by atoms with Gasteiger partial charge in [-0.05, 0) is 19.1 Å². The Labute approximate surface area is 127 Å². The summed E-state index contributed by atoms with van der Waals surface area (Å²) >= 11 is 0. The average molecular weight is 299 g/mol. The van der Waals surface area contributed by atoms with Crippen molar-refractivity contribution in [2.75, 3.05) is 7.05 Å². The van der Waals surface area contributed by atoms with Gasteiger partial charge >= 0.3 is 0 Å². The zero-order valence-corrected chi connectivity index (χ0v) is 12.4. The van der Waals surface area contributed by atoms with E-state index >= 15 is 0 Å². The first-order valence-electron chi connectivity index (χ1n) is 6.91. The van der Waals surface area contributed by atoms with E-state index in [0.29, 0.717) is 19.0 Å². The Balaban J connectivity index is 1.59. The number of aromatic nitrogens is 4. The SMILES string of the molecule is CN=C(NCc1cc(C)no1)NCc1nnc2ccccn12. The van der Waals surface area contributed by atoms with E-state index in [9.17, 15) is 0 Å². The highest BCUT2D eigenvalue weighted by molar-refractivity contribution is 5.79. The third-order valence-corrected chi connectivity index (χ3v) is 3.13. The summed E-state index contributed by atoms with van der Waals surface area (Å²) < 4.78 is 7.08. The van der Waals surface area contributed by atoms with Crippen molar-refractivity contribution in [1.29, 1.82) is 0 Å². The second kappa shape index (κ2) is 6.25. The van der Waals surface area contributed by atoms with Crippen molar-refractivity contribution >= 4 is 11.6 Å². The molecule has 0 radical (unpaired) electrons. The molecule has 3 heterocycles. The second-order valence-electron chi connectivity index (χ2n) is 4.76. The minimum absolute atomic E-state index is 0.514. The molecule has 0 aliphatic carbocycles. The van der Waals surface area contributed by atoms with Gasteiger partial charge in [-0.25, -0.2) is 0 Å². The lowest BCUT2D eigenvalue weighted by atomic mass is 10.4. The van der Waals surface area contributed by atoms with Crippen molar-refractivity contribution < 1.29 is 4.52 Å². The second-order valence-corrected chi connectivity index (χ2v) is 4.76. The first kappa shape index (κ1) is 14.1. The molecule has 0 aromatic carbocycles. The fourth-order valence-electron chi connectivity index (χ4n) is 2.07. The normalized spacial score (nSPS) is 11.8. The maximum atomic E-state index is 5.15. The lowest BCUT2D eigenvalue weighted by Gasteiger charge is -2.09. The Hall–Kier alpha value is -2.90. The molecule has 8 heteroatoms. The fraction of sp³-hybridized carbons (Fsp3) is 0.286. The number of pyridine rings is 1. The molecule has 0 saturated carbocycles. The van der Waals surface area contributed by atoms with E-state index < -0.39 is 0 Å². The Kier molecular flexibility index (Phi) is 3.99. The topological polar surface area (TPSA) is 92.6 Å². The van der Waals surface area contributed by atoms with E-state index in [-0.39, 0.29) is 0 Å². The largest absolute Gasteiger partial charge is 0.359 e. The molecule has 3 aromatic heterocycles. The van der Waals surface area contributed by atoms with Gasteiger partial charge in [0.05, 0.1) is 18.8 Å². The van der Waals surface area contributed by atoms with Crippen LogP contribution >= 0.6 is 0 Å². The molecule has 0 bridgehead atoms. The number of guanidine groups is 1. The van der Waals surface area contributed by atoms with Gasteiger partial charge in [0.1, 0.15) is 0 Å². The van der Waals surface area contributed by atoms with E-state index in [1.165, 1.54) is 0 Å². The molecule has 22 heavy (non-hydrogen) atoms. The van der Waals surface area contributed by atoms with E-state index in [4.69, 9.17) is 4.52 Å². The molecule has 0 aliphatic rings. The number of rotatable bonds is 4. The van der Waals surface area contributed by atoms with Crippen molar-refractivity contribution in [1.82, 2.24) is 30.4 Å². The number of aryl methyl sites for hydroxylation is 1. The summed E-state index contributed by atoms with van der Waals surface area (Å²) in [5, 5.41) is 18.5. The summed E-state index contributed by atoms with van der Waals surface area (Å²) in [7, 11) is 1.71. The summed E-state index contributed by atoms with van der Waals surface area (Å²) in [6, 6.07) is 7.67. The van der Waals surface area contributed by atoms with Crippen molar-refractivity contribution in [2.24, 2.45) is 4.99 Å². The fourth-order valence-corrected chi connectivity index (χ4v) is 2.07. The van der Waals surface area contributed by atoms with Gasteiger partial charge in [0.15, 0.2) is 23.2 Å². The molecule has 0 fully saturated rings. The number of aliphatic imine (C=N–C) groups is 1. The smallest absolute Gasteiger partial charge is 0.191 e. The van der Waals surface area contributed by atoms with Gasteiger partial charge in [0.25, 0.3) is 0 Å². The monoisotopic (exact) mass is 299 g/mol. The first-order valence-corrected chi connectivity index (χ1v) is 6.91. The van der Waals surface area contributed by atoms with Gasteiger partial charge < -0.3 is 15.2 Å². The highest BCUT2D eigenvalue weighted by Crippen LogP contribution is 2.03. The van der Waals surface area contributed by atoms with Crippen molar-refractivity contribution in [3.8, 4) is 0 Å². The third-order valence-electron chi connectivity index (χ3n) is 3.13. The molecule has 0 unspecified atom stereocenters. The van der Waals surface area contributed by atoms with Crippen LogP contribution in [0.5, 0.6) is 0 Å². The molecule has 3 rings (SSSR count). The molecule has 8 nitrogen and oxygen atoms in total. The van der Waals surface area contributed by atoms with Gasteiger partial charge in [0, 0.05) is 19.3 Å².